The predicted molar refractivity (Wildman–Crippen MR) is 113 cm³/mol. The van der Waals surface area contributed by atoms with Gasteiger partial charge in [0.2, 0.25) is 5.91 Å². The van der Waals surface area contributed by atoms with E-state index in [-0.39, 0.29) is 23.9 Å². The van der Waals surface area contributed by atoms with Gasteiger partial charge >= 0.3 is 0 Å². The first-order chi connectivity index (χ1) is 14.6. The molecule has 1 N–H and O–H groups in total. The van der Waals surface area contributed by atoms with Crippen LogP contribution < -0.4 is 5.32 Å². The van der Waals surface area contributed by atoms with Gasteiger partial charge in [0, 0.05) is 51.9 Å². The van der Waals surface area contributed by atoms with Gasteiger partial charge in [0.15, 0.2) is 0 Å². The van der Waals surface area contributed by atoms with Crippen molar-refractivity contribution in [2.24, 2.45) is 0 Å². The standard InChI is InChI=1S/C22H29N5O3/c1-18-15-25-20(16-24-18)22(29)27(17-19-5-3-2-4-6-19)9-7-21(28)23-8-10-26-11-13-30-14-12-26/h2-6,15-16H,7-14,17H2,1H3,(H,23,28). The summed E-state index contributed by atoms with van der Waals surface area (Å²) in [6, 6.07) is 9.72. The molecule has 0 radical (unpaired) electrons. The van der Waals surface area contributed by atoms with Crippen LogP contribution in [0.4, 0.5) is 0 Å². The van der Waals surface area contributed by atoms with Crippen LogP contribution in [0.2, 0.25) is 0 Å². The number of benzene rings is 1. The molecule has 8 nitrogen and oxygen atoms in total. The van der Waals surface area contributed by atoms with E-state index in [0.717, 1.165) is 44.1 Å². The quantitative estimate of drug-likeness (QED) is 0.669. The van der Waals surface area contributed by atoms with Gasteiger partial charge in [-0.25, -0.2) is 4.98 Å². The van der Waals surface area contributed by atoms with Crippen molar-refractivity contribution < 1.29 is 14.3 Å². The van der Waals surface area contributed by atoms with Gasteiger partial charge in [0.05, 0.1) is 25.1 Å². The highest BCUT2D eigenvalue weighted by Gasteiger charge is 2.19. The van der Waals surface area contributed by atoms with Crippen LogP contribution in [0, 0.1) is 6.92 Å². The Balaban J connectivity index is 1.54. The lowest BCUT2D eigenvalue weighted by Crippen LogP contribution is -2.42. The number of amides is 2. The number of carbonyl (C=O) groups excluding carboxylic acids is 2. The fourth-order valence-electron chi connectivity index (χ4n) is 3.22. The number of hydrogen-bond acceptors (Lipinski definition) is 6. The van der Waals surface area contributed by atoms with Crippen molar-refractivity contribution in [3.63, 3.8) is 0 Å². The molecule has 0 atom stereocenters. The summed E-state index contributed by atoms with van der Waals surface area (Å²) in [5.74, 6) is -0.295. The van der Waals surface area contributed by atoms with E-state index in [2.05, 4.69) is 20.2 Å². The molecule has 2 amide bonds. The van der Waals surface area contributed by atoms with Crippen LogP contribution in [0.25, 0.3) is 0 Å². The summed E-state index contributed by atoms with van der Waals surface area (Å²) < 4.78 is 5.33. The minimum Gasteiger partial charge on any atom is -0.379 e. The molecule has 1 aliphatic heterocycles. The summed E-state index contributed by atoms with van der Waals surface area (Å²) in [6.07, 6.45) is 3.30. The summed E-state index contributed by atoms with van der Waals surface area (Å²) in [5, 5.41) is 2.95. The van der Waals surface area contributed by atoms with E-state index in [4.69, 9.17) is 4.74 Å². The number of nitrogens with one attached hydrogen (secondary N) is 1. The molecule has 160 valence electrons. The van der Waals surface area contributed by atoms with Crippen molar-refractivity contribution in [1.29, 1.82) is 0 Å². The molecule has 1 aromatic heterocycles. The maximum absolute atomic E-state index is 13.0. The fraction of sp³-hybridized carbons (Fsp3) is 0.455. The highest BCUT2D eigenvalue weighted by molar-refractivity contribution is 5.92. The van der Waals surface area contributed by atoms with Crippen LogP contribution in [0.15, 0.2) is 42.7 Å². The van der Waals surface area contributed by atoms with Gasteiger partial charge in [-0.3, -0.25) is 19.5 Å². The van der Waals surface area contributed by atoms with E-state index >= 15 is 0 Å². The number of carbonyl (C=O) groups is 2. The molecule has 2 aromatic rings. The topological polar surface area (TPSA) is 87.7 Å². The molecule has 0 spiro atoms. The molecule has 0 saturated carbocycles. The Bertz CT molecular complexity index is 807. The maximum Gasteiger partial charge on any atom is 0.274 e. The summed E-state index contributed by atoms with van der Waals surface area (Å²) >= 11 is 0. The second-order valence-corrected chi connectivity index (χ2v) is 7.31. The molecule has 0 unspecified atom stereocenters. The third-order valence-corrected chi connectivity index (χ3v) is 4.97. The third kappa shape index (κ3) is 6.89. The minimum atomic E-state index is -0.229. The summed E-state index contributed by atoms with van der Waals surface area (Å²) in [4.78, 5) is 37.6. The van der Waals surface area contributed by atoms with Gasteiger partial charge in [-0.2, -0.15) is 0 Å². The zero-order valence-electron chi connectivity index (χ0n) is 17.4. The number of hydrogen-bond donors (Lipinski definition) is 1. The molecule has 3 rings (SSSR count). The highest BCUT2D eigenvalue weighted by Crippen LogP contribution is 2.09. The van der Waals surface area contributed by atoms with E-state index < -0.39 is 0 Å². The molecular formula is C22H29N5O3. The minimum absolute atomic E-state index is 0.0656. The molecule has 0 bridgehead atoms. The summed E-state index contributed by atoms with van der Waals surface area (Å²) in [7, 11) is 0. The molecule has 1 fully saturated rings. The second kappa shape index (κ2) is 11.4. The third-order valence-electron chi connectivity index (χ3n) is 4.97. The van der Waals surface area contributed by atoms with E-state index in [1.807, 2.05) is 37.3 Å². The smallest absolute Gasteiger partial charge is 0.274 e. The molecular weight excluding hydrogens is 382 g/mol. The van der Waals surface area contributed by atoms with Gasteiger partial charge in [0.25, 0.3) is 5.91 Å². The summed E-state index contributed by atoms with van der Waals surface area (Å²) in [6.45, 7) is 7.22. The SMILES string of the molecule is Cc1cnc(C(=O)N(CCC(=O)NCCN2CCOCC2)Cc2ccccc2)cn1. The van der Waals surface area contributed by atoms with E-state index in [1.54, 1.807) is 11.1 Å². The lowest BCUT2D eigenvalue weighted by atomic mass is 10.2. The number of aromatic nitrogens is 2. The van der Waals surface area contributed by atoms with Gasteiger partial charge < -0.3 is 15.0 Å². The normalized spacial score (nSPS) is 14.3. The number of aryl methyl sites for hydroxylation is 1. The zero-order chi connectivity index (χ0) is 21.2. The molecule has 0 aliphatic carbocycles. The fourth-order valence-corrected chi connectivity index (χ4v) is 3.22. The van der Waals surface area contributed by atoms with Gasteiger partial charge in [-0.1, -0.05) is 30.3 Å². The van der Waals surface area contributed by atoms with Crippen molar-refractivity contribution in [2.75, 3.05) is 45.9 Å². The first-order valence-electron chi connectivity index (χ1n) is 10.3. The van der Waals surface area contributed by atoms with Gasteiger partial charge in [-0.05, 0) is 12.5 Å². The monoisotopic (exact) mass is 411 g/mol. The lowest BCUT2D eigenvalue weighted by Gasteiger charge is -2.26. The molecule has 30 heavy (non-hydrogen) atoms. The Hall–Kier alpha value is -2.84. The van der Waals surface area contributed by atoms with Crippen molar-refractivity contribution in [2.45, 2.75) is 19.9 Å². The number of nitrogens with zero attached hydrogens (tertiary/aromatic N) is 4. The van der Waals surface area contributed by atoms with E-state index in [9.17, 15) is 9.59 Å². The summed E-state index contributed by atoms with van der Waals surface area (Å²) in [5.41, 5.74) is 2.03. The Kier molecular flexibility index (Phi) is 8.29. The van der Waals surface area contributed by atoms with Crippen LogP contribution in [-0.2, 0) is 16.1 Å². The molecule has 1 saturated heterocycles. The molecule has 2 heterocycles. The van der Waals surface area contributed by atoms with Gasteiger partial charge in [-0.15, -0.1) is 0 Å². The van der Waals surface area contributed by atoms with Gasteiger partial charge in [0.1, 0.15) is 5.69 Å². The molecule has 1 aromatic carbocycles. The van der Waals surface area contributed by atoms with Crippen molar-refractivity contribution in [3.05, 3.63) is 59.7 Å². The first-order valence-corrected chi connectivity index (χ1v) is 10.3. The van der Waals surface area contributed by atoms with Crippen LogP contribution in [0.3, 0.4) is 0 Å². The van der Waals surface area contributed by atoms with E-state index in [1.165, 1.54) is 6.20 Å². The van der Waals surface area contributed by atoms with Crippen molar-refractivity contribution in [1.82, 2.24) is 25.1 Å². The average Bonchev–Trinajstić information content (AvgIpc) is 2.78. The Morgan fingerprint density at radius 2 is 1.90 bits per heavy atom. The van der Waals surface area contributed by atoms with E-state index in [0.29, 0.717) is 19.6 Å². The molecule has 8 heteroatoms. The predicted octanol–water partition coefficient (Wildman–Crippen LogP) is 1.27. The van der Waals surface area contributed by atoms with Crippen LogP contribution in [0.1, 0.15) is 28.2 Å². The average molecular weight is 412 g/mol. The second-order valence-electron chi connectivity index (χ2n) is 7.31. The maximum atomic E-state index is 13.0. The lowest BCUT2D eigenvalue weighted by molar-refractivity contribution is -0.121. The molecule has 1 aliphatic rings. The van der Waals surface area contributed by atoms with Crippen LogP contribution >= 0.6 is 0 Å². The number of rotatable bonds is 9. The Morgan fingerprint density at radius 3 is 2.60 bits per heavy atom. The van der Waals surface area contributed by atoms with Crippen LogP contribution in [-0.4, -0.2) is 77.5 Å². The Labute approximate surface area is 177 Å². The number of morpholine rings is 1. The largest absolute Gasteiger partial charge is 0.379 e. The Morgan fingerprint density at radius 1 is 1.13 bits per heavy atom. The first kappa shape index (κ1) is 21.9. The van der Waals surface area contributed by atoms with Crippen molar-refractivity contribution in [3.8, 4) is 0 Å². The zero-order valence-corrected chi connectivity index (χ0v) is 17.4. The van der Waals surface area contributed by atoms with Crippen LogP contribution in [0.5, 0.6) is 0 Å². The number of ether oxygens (including phenoxy) is 1. The van der Waals surface area contributed by atoms with Crippen molar-refractivity contribution >= 4 is 11.8 Å². The highest BCUT2D eigenvalue weighted by atomic mass is 16.5.